The third kappa shape index (κ3) is 2.51. The van der Waals surface area contributed by atoms with Gasteiger partial charge in [-0.3, -0.25) is 14.9 Å². The first-order chi connectivity index (χ1) is 10.1. The largest absolute Gasteiger partial charge is 0.301 e. The van der Waals surface area contributed by atoms with Crippen LogP contribution in [0.5, 0.6) is 0 Å². The van der Waals surface area contributed by atoms with Crippen LogP contribution in [0.25, 0.3) is 11.0 Å². The van der Waals surface area contributed by atoms with Gasteiger partial charge in [0.05, 0.1) is 28.7 Å². The number of nitrogens with zero attached hydrogens (tertiary/aromatic N) is 3. The second kappa shape index (κ2) is 5.16. The maximum Gasteiger partial charge on any atom is 0.271 e. The summed E-state index contributed by atoms with van der Waals surface area (Å²) in [7, 11) is 0. The topological polar surface area (TPSA) is 78.0 Å². The molecule has 0 fully saturated rings. The van der Waals surface area contributed by atoms with Crippen molar-refractivity contribution in [3.63, 3.8) is 0 Å². The van der Waals surface area contributed by atoms with E-state index in [0.717, 1.165) is 5.56 Å². The summed E-state index contributed by atoms with van der Waals surface area (Å²) in [5.74, 6) is 0. The van der Waals surface area contributed by atoms with E-state index in [-0.39, 0.29) is 11.2 Å². The maximum atomic E-state index is 12.0. The molecule has 0 N–H and O–H groups in total. The zero-order valence-electron chi connectivity index (χ0n) is 11.0. The van der Waals surface area contributed by atoms with E-state index in [1.165, 1.54) is 22.9 Å². The van der Waals surface area contributed by atoms with Crippen LogP contribution in [0.1, 0.15) is 5.56 Å². The lowest BCUT2D eigenvalue weighted by Crippen LogP contribution is -2.21. The van der Waals surface area contributed by atoms with E-state index in [4.69, 9.17) is 0 Å². The van der Waals surface area contributed by atoms with Gasteiger partial charge in [0.2, 0.25) is 0 Å². The number of hydrogen-bond acceptors (Lipinski definition) is 4. The molecule has 6 heteroatoms. The highest BCUT2D eigenvalue weighted by Crippen LogP contribution is 2.18. The fraction of sp³-hybridized carbons (Fsp3) is 0.0667. The van der Waals surface area contributed by atoms with Gasteiger partial charge in [-0.15, -0.1) is 0 Å². The molecule has 104 valence electrons. The van der Waals surface area contributed by atoms with Crippen molar-refractivity contribution in [2.75, 3.05) is 0 Å². The molecule has 2 aromatic carbocycles. The lowest BCUT2D eigenvalue weighted by molar-refractivity contribution is -0.384. The Kier molecular flexibility index (Phi) is 3.19. The van der Waals surface area contributed by atoms with Crippen LogP contribution in [0.2, 0.25) is 0 Å². The third-order valence-electron chi connectivity index (χ3n) is 3.22. The van der Waals surface area contributed by atoms with Crippen molar-refractivity contribution in [1.29, 1.82) is 0 Å². The maximum absolute atomic E-state index is 12.0. The Morgan fingerprint density at radius 2 is 1.90 bits per heavy atom. The average molecular weight is 281 g/mol. The Morgan fingerprint density at radius 1 is 1.14 bits per heavy atom. The summed E-state index contributed by atoms with van der Waals surface area (Å²) in [4.78, 5) is 26.5. The van der Waals surface area contributed by atoms with Crippen LogP contribution in [0.3, 0.4) is 0 Å². The number of aromatic nitrogens is 2. The van der Waals surface area contributed by atoms with Crippen molar-refractivity contribution in [1.82, 2.24) is 9.55 Å². The van der Waals surface area contributed by atoms with Gasteiger partial charge in [-0.05, 0) is 11.6 Å². The highest BCUT2D eigenvalue weighted by Gasteiger charge is 2.11. The molecule has 6 nitrogen and oxygen atoms in total. The fourth-order valence-corrected chi connectivity index (χ4v) is 2.19. The van der Waals surface area contributed by atoms with Gasteiger partial charge in [0.25, 0.3) is 11.2 Å². The van der Waals surface area contributed by atoms with Gasteiger partial charge in [0, 0.05) is 12.1 Å². The molecule has 0 aliphatic heterocycles. The summed E-state index contributed by atoms with van der Waals surface area (Å²) >= 11 is 0. The summed E-state index contributed by atoms with van der Waals surface area (Å²) < 4.78 is 1.49. The van der Waals surface area contributed by atoms with Gasteiger partial charge in [0.15, 0.2) is 0 Å². The van der Waals surface area contributed by atoms with Crippen molar-refractivity contribution in [3.05, 3.63) is 80.8 Å². The van der Waals surface area contributed by atoms with Gasteiger partial charge in [-0.25, -0.2) is 4.98 Å². The van der Waals surface area contributed by atoms with Gasteiger partial charge >= 0.3 is 0 Å². The smallest absolute Gasteiger partial charge is 0.271 e. The standard InChI is InChI=1S/C15H11N3O3/c19-15-9-16-13-7-6-12(18(20)21)8-14(13)17(15)10-11-4-2-1-3-5-11/h1-9H,10H2. The van der Waals surface area contributed by atoms with Crippen LogP contribution in [0.4, 0.5) is 5.69 Å². The van der Waals surface area contributed by atoms with Gasteiger partial charge in [0.1, 0.15) is 0 Å². The molecule has 3 aromatic rings. The van der Waals surface area contributed by atoms with Crippen LogP contribution in [0, 0.1) is 10.1 Å². The van der Waals surface area contributed by atoms with Crippen molar-refractivity contribution in [2.24, 2.45) is 0 Å². The minimum atomic E-state index is -0.482. The van der Waals surface area contributed by atoms with Crippen LogP contribution in [-0.2, 0) is 6.54 Å². The summed E-state index contributed by atoms with van der Waals surface area (Å²) in [6.45, 7) is 0.347. The van der Waals surface area contributed by atoms with Crippen LogP contribution in [-0.4, -0.2) is 14.5 Å². The predicted molar refractivity (Wildman–Crippen MR) is 78.2 cm³/mol. The number of non-ortho nitro benzene ring substituents is 1. The summed E-state index contributed by atoms with van der Waals surface area (Å²) in [6, 6.07) is 13.8. The van der Waals surface area contributed by atoms with Crippen LogP contribution >= 0.6 is 0 Å². The molecule has 3 rings (SSSR count). The third-order valence-corrected chi connectivity index (χ3v) is 3.22. The fourth-order valence-electron chi connectivity index (χ4n) is 2.19. The molecule has 0 radical (unpaired) electrons. The SMILES string of the molecule is O=c1cnc2ccc([N+](=O)[O-])cc2n1Cc1ccccc1. The Balaban J connectivity index is 2.20. The number of hydrogen-bond donors (Lipinski definition) is 0. The molecular weight excluding hydrogens is 270 g/mol. The van der Waals surface area contributed by atoms with Gasteiger partial charge < -0.3 is 4.57 Å². The molecule has 1 heterocycles. The Hall–Kier alpha value is -3.02. The number of nitro groups is 1. The second-order valence-electron chi connectivity index (χ2n) is 4.60. The normalized spacial score (nSPS) is 10.7. The lowest BCUT2D eigenvalue weighted by atomic mass is 10.2. The van der Waals surface area contributed by atoms with Crippen molar-refractivity contribution in [3.8, 4) is 0 Å². The number of fused-ring (bicyclic) bond motifs is 1. The molecule has 0 aliphatic carbocycles. The van der Waals surface area contributed by atoms with E-state index in [2.05, 4.69) is 4.98 Å². The minimum absolute atomic E-state index is 0.0586. The first-order valence-corrected chi connectivity index (χ1v) is 6.33. The van der Waals surface area contributed by atoms with E-state index in [1.54, 1.807) is 6.07 Å². The van der Waals surface area contributed by atoms with Crippen molar-refractivity contribution < 1.29 is 4.92 Å². The predicted octanol–water partition coefficient (Wildman–Crippen LogP) is 2.35. The Labute approximate surface area is 119 Å². The number of benzene rings is 2. The van der Waals surface area contributed by atoms with E-state index in [1.807, 2.05) is 30.3 Å². The van der Waals surface area contributed by atoms with Gasteiger partial charge in [-0.2, -0.15) is 0 Å². The van der Waals surface area contributed by atoms with E-state index < -0.39 is 4.92 Å². The molecule has 0 bridgehead atoms. The first kappa shape index (κ1) is 13.0. The molecule has 0 saturated heterocycles. The molecule has 21 heavy (non-hydrogen) atoms. The highest BCUT2D eigenvalue weighted by molar-refractivity contribution is 5.77. The monoisotopic (exact) mass is 281 g/mol. The van der Waals surface area contributed by atoms with Crippen molar-refractivity contribution in [2.45, 2.75) is 6.54 Å². The molecule has 0 unspecified atom stereocenters. The first-order valence-electron chi connectivity index (χ1n) is 6.33. The second-order valence-corrected chi connectivity index (χ2v) is 4.60. The highest BCUT2D eigenvalue weighted by atomic mass is 16.6. The van der Waals surface area contributed by atoms with Crippen molar-refractivity contribution >= 4 is 16.7 Å². The molecule has 1 aromatic heterocycles. The lowest BCUT2D eigenvalue weighted by Gasteiger charge is -2.09. The minimum Gasteiger partial charge on any atom is -0.301 e. The molecule has 0 spiro atoms. The Morgan fingerprint density at radius 3 is 2.62 bits per heavy atom. The average Bonchev–Trinajstić information content (AvgIpc) is 2.50. The zero-order chi connectivity index (χ0) is 14.8. The summed E-state index contributed by atoms with van der Waals surface area (Å²) in [6.07, 6.45) is 1.23. The van der Waals surface area contributed by atoms with E-state index >= 15 is 0 Å². The van der Waals surface area contributed by atoms with Crippen LogP contribution in [0.15, 0.2) is 59.5 Å². The molecule has 0 saturated carbocycles. The van der Waals surface area contributed by atoms with Crippen LogP contribution < -0.4 is 5.56 Å². The van der Waals surface area contributed by atoms with E-state index in [0.29, 0.717) is 17.6 Å². The summed E-state index contributed by atoms with van der Waals surface area (Å²) in [5, 5.41) is 10.9. The number of nitro benzene ring substituents is 1. The molecule has 0 atom stereocenters. The molecule has 0 aliphatic rings. The Bertz CT molecular complexity index is 872. The number of rotatable bonds is 3. The quantitative estimate of drug-likeness (QED) is 0.545. The zero-order valence-corrected chi connectivity index (χ0v) is 11.0. The van der Waals surface area contributed by atoms with Gasteiger partial charge in [-0.1, -0.05) is 30.3 Å². The van der Waals surface area contributed by atoms with E-state index in [9.17, 15) is 14.9 Å². The molecular formula is C15H11N3O3. The summed E-state index contributed by atoms with van der Waals surface area (Å²) in [5.41, 5.74) is 1.61. The molecule has 0 amide bonds.